The monoisotopic (exact) mass is 298 g/mol. The smallest absolute Gasteiger partial charge is 0.243 e. The van der Waals surface area contributed by atoms with Crippen LogP contribution in [0.2, 0.25) is 0 Å². The highest BCUT2D eigenvalue weighted by Gasteiger charge is 2.22. The van der Waals surface area contributed by atoms with E-state index in [0.717, 1.165) is 12.1 Å². The second kappa shape index (κ2) is 5.56. The molecule has 0 atom stereocenters. The Balaban J connectivity index is 2.27. The maximum atomic E-state index is 13.6. The molecule has 2 aromatic carbocycles. The van der Waals surface area contributed by atoms with Crippen LogP contribution in [0.1, 0.15) is 5.56 Å². The standard InChI is InChI=1S/C13H12F2N2O2S/c14-11-6-10(16)7-12(13(11)15)20(18,19)17-8-9-4-2-1-3-5-9/h1-7,17H,8,16H2. The lowest BCUT2D eigenvalue weighted by atomic mass is 10.2. The minimum absolute atomic E-state index is 0.0287. The van der Waals surface area contributed by atoms with Crippen LogP contribution in [0, 0.1) is 11.6 Å². The van der Waals surface area contributed by atoms with E-state index in [4.69, 9.17) is 5.73 Å². The van der Waals surface area contributed by atoms with Gasteiger partial charge in [0.2, 0.25) is 10.0 Å². The van der Waals surface area contributed by atoms with Gasteiger partial charge in [0.1, 0.15) is 4.90 Å². The lowest BCUT2D eigenvalue weighted by Gasteiger charge is -2.09. The summed E-state index contributed by atoms with van der Waals surface area (Å²) in [5.74, 6) is -2.75. The first-order chi connectivity index (χ1) is 9.40. The average Bonchev–Trinajstić information content (AvgIpc) is 2.42. The van der Waals surface area contributed by atoms with E-state index in [1.54, 1.807) is 30.3 Å². The largest absolute Gasteiger partial charge is 0.399 e. The lowest BCUT2D eigenvalue weighted by Crippen LogP contribution is -2.24. The Hall–Kier alpha value is -1.99. The van der Waals surface area contributed by atoms with Crippen LogP contribution in [0.5, 0.6) is 0 Å². The van der Waals surface area contributed by atoms with E-state index in [2.05, 4.69) is 4.72 Å². The molecule has 0 fully saturated rings. The summed E-state index contributed by atoms with van der Waals surface area (Å²) in [6, 6.07) is 10.3. The number of nitrogens with one attached hydrogen (secondary N) is 1. The second-order valence-corrected chi connectivity index (χ2v) is 5.86. The Morgan fingerprint density at radius 1 is 1.10 bits per heavy atom. The molecular weight excluding hydrogens is 286 g/mol. The topological polar surface area (TPSA) is 72.2 Å². The summed E-state index contributed by atoms with van der Waals surface area (Å²) in [5.41, 5.74) is 5.87. The summed E-state index contributed by atoms with van der Waals surface area (Å²) in [7, 11) is -4.18. The number of benzene rings is 2. The van der Waals surface area contributed by atoms with Gasteiger partial charge in [-0.25, -0.2) is 21.9 Å². The molecule has 20 heavy (non-hydrogen) atoms. The number of rotatable bonds is 4. The normalized spacial score (nSPS) is 11.5. The SMILES string of the molecule is Nc1cc(F)c(F)c(S(=O)(=O)NCc2ccccc2)c1. The number of sulfonamides is 1. The molecule has 7 heteroatoms. The Kier molecular flexibility index (Phi) is 4.01. The third-order valence-electron chi connectivity index (χ3n) is 2.62. The Labute approximate surface area is 115 Å². The third-order valence-corrected chi connectivity index (χ3v) is 4.02. The van der Waals surface area contributed by atoms with Crippen LogP contribution in [0.15, 0.2) is 47.4 Å². The van der Waals surface area contributed by atoms with E-state index in [9.17, 15) is 17.2 Å². The van der Waals surface area contributed by atoms with Crippen molar-refractivity contribution < 1.29 is 17.2 Å². The molecule has 0 amide bonds. The summed E-state index contributed by atoms with van der Waals surface area (Å²) in [5, 5.41) is 0. The fourth-order valence-electron chi connectivity index (χ4n) is 1.63. The van der Waals surface area contributed by atoms with Gasteiger partial charge in [0.25, 0.3) is 0 Å². The molecular formula is C13H12F2N2O2S. The van der Waals surface area contributed by atoms with Crippen molar-refractivity contribution in [2.75, 3.05) is 5.73 Å². The van der Waals surface area contributed by atoms with Gasteiger partial charge < -0.3 is 5.73 Å². The summed E-state index contributed by atoms with van der Waals surface area (Å²) < 4.78 is 52.9. The zero-order valence-corrected chi connectivity index (χ0v) is 11.1. The molecule has 0 saturated carbocycles. The van der Waals surface area contributed by atoms with Gasteiger partial charge in [-0.1, -0.05) is 30.3 Å². The highest BCUT2D eigenvalue weighted by Crippen LogP contribution is 2.21. The van der Waals surface area contributed by atoms with E-state index < -0.39 is 26.6 Å². The number of hydrogen-bond donors (Lipinski definition) is 2. The molecule has 2 rings (SSSR count). The van der Waals surface area contributed by atoms with E-state index >= 15 is 0 Å². The average molecular weight is 298 g/mol. The van der Waals surface area contributed by atoms with Crippen molar-refractivity contribution >= 4 is 15.7 Å². The van der Waals surface area contributed by atoms with E-state index in [1.165, 1.54) is 0 Å². The fraction of sp³-hybridized carbons (Fsp3) is 0.0769. The number of halogens is 2. The van der Waals surface area contributed by atoms with Crippen LogP contribution in [0.3, 0.4) is 0 Å². The molecule has 0 aliphatic rings. The second-order valence-electron chi connectivity index (χ2n) is 4.12. The van der Waals surface area contributed by atoms with Crippen LogP contribution in [0.25, 0.3) is 0 Å². The van der Waals surface area contributed by atoms with Gasteiger partial charge >= 0.3 is 0 Å². The predicted octanol–water partition coefficient (Wildman–Crippen LogP) is 2.03. The van der Waals surface area contributed by atoms with Crippen molar-refractivity contribution in [1.82, 2.24) is 4.72 Å². The fourth-order valence-corrected chi connectivity index (χ4v) is 2.77. The van der Waals surface area contributed by atoms with Crippen LogP contribution < -0.4 is 10.5 Å². The van der Waals surface area contributed by atoms with Crippen LogP contribution in [-0.4, -0.2) is 8.42 Å². The van der Waals surface area contributed by atoms with Crippen molar-refractivity contribution in [1.29, 1.82) is 0 Å². The van der Waals surface area contributed by atoms with E-state index in [1.807, 2.05) is 0 Å². The molecule has 0 radical (unpaired) electrons. The van der Waals surface area contributed by atoms with Gasteiger partial charge in [0, 0.05) is 12.2 Å². The van der Waals surface area contributed by atoms with Gasteiger partial charge in [0.15, 0.2) is 11.6 Å². The molecule has 0 bridgehead atoms. The van der Waals surface area contributed by atoms with Crippen LogP contribution >= 0.6 is 0 Å². The highest BCUT2D eigenvalue weighted by atomic mass is 32.2. The first-order valence-electron chi connectivity index (χ1n) is 5.68. The quantitative estimate of drug-likeness (QED) is 0.848. The molecule has 0 heterocycles. The molecule has 3 N–H and O–H groups in total. The highest BCUT2D eigenvalue weighted by molar-refractivity contribution is 7.89. The molecule has 4 nitrogen and oxygen atoms in total. The molecule has 2 aromatic rings. The molecule has 0 unspecified atom stereocenters. The minimum atomic E-state index is -4.18. The maximum Gasteiger partial charge on any atom is 0.243 e. The van der Waals surface area contributed by atoms with Gasteiger partial charge in [-0.05, 0) is 17.7 Å². The number of nitrogens with two attached hydrogens (primary N) is 1. The van der Waals surface area contributed by atoms with Crippen LogP contribution in [0.4, 0.5) is 14.5 Å². The van der Waals surface area contributed by atoms with Crippen molar-refractivity contribution in [2.45, 2.75) is 11.4 Å². The summed E-state index contributed by atoms with van der Waals surface area (Å²) >= 11 is 0. The van der Waals surface area contributed by atoms with Gasteiger partial charge in [-0.3, -0.25) is 0 Å². The minimum Gasteiger partial charge on any atom is -0.399 e. The predicted molar refractivity (Wildman–Crippen MR) is 71.2 cm³/mol. The van der Waals surface area contributed by atoms with Gasteiger partial charge in [-0.15, -0.1) is 0 Å². The molecule has 106 valence electrons. The molecule has 0 aliphatic heterocycles. The third kappa shape index (κ3) is 3.12. The van der Waals surface area contributed by atoms with Gasteiger partial charge in [0.05, 0.1) is 0 Å². The summed E-state index contributed by atoms with van der Waals surface area (Å²) in [4.78, 5) is -0.800. The lowest BCUT2D eigenvalue weighted by molar-refractivity contribution is 0.484. The number of hydrogen-bond acceptors (Lipinski definition) is 3. The van der Waals surface area contributed by atoms with Crippen molar-refractivity contribution in [3.63, 3.8) is 0 Å². The first kappa shape index (κ1) is 14.4. The number of nitrogen functional groups attached to an aromatic ring is 1. The molecule has 0 aromatic heterocycles. The molecule has 0 saturated heterocycles. The Morgan fingerprint density at radius 2 is 1.75 bits per heavy atom. The molecule has 0 aliphatic carbocycles. The number of anilines is 1. The summed E-state index contributed by atoms with van der Waals surface area (Å²) in [6.45, 7) is -0.0287. The van der Waals surface area contributed by atoms with Crippen molar-refractivity contribution in [3.8, 4) is 0 Å². The van der Waals surface area contributed by atoms with E-state index in [0.29, 0.717) is 5.56 Å². The van der Waals surface area contributed by atoms with Crippen molar-refractivity contribution in [3.05, 3.63) is 59.7 Å². The van der Waals surface area contributed by atoms with Gasteiger partial charge in [-0.2, -0.15) is 0 Å². The maximum absolute atomic E-state index is 13.6. The first-order valence-corrected chi connectivity index (χ1v) is 7.16. The Bertz CT molecular complexity index is 719. The Morgan fingerprint density at radius 3 is 2.40 bits per heavy atom. The molecule has 0 spiro atoms. The van der Waals surface area contributed by atoms with E-state index in [-0.39, 0.29) is 12.2 Å². The zero-order valence-electron chi connectivity index (χ0n) is 10.3. The van der Waals surface area contributed by atoms with Crippen molar-refractivity contribution in [2.24, 2.45) is 0 Å². The zero-order chi connectivity index (χ0) is 14.8. The summed E-state index contributed by atoms with van der Waals surface area (Å²) in [6.07, 6.45) is 0. The van der Waals surface area contributed by atoms with Crippen LogP contribution in [-0.2, 0) is 16.6 Å².